The van der Waals surface area contributed by atoms with Crippen molar-refractivity contribution in [3.05, 3.63) is 78.1 Å². The minimum Gasteiger partial charge on any atom is -0.349 e. The largest absolute Gasteiger partial charge is 0.349 e. The molecule has 3 rings (SSSR count). The number of rotatable bonds is 5. The Bertz CT molecular complexity index is 860. The van der Waals surface area contributed by atoms with Crippen LogP contribution in [-0.2, 0) is 4.79 Å². The Morgan fingerprint density at radius 1 is 1.04 bits per heavy atom. The average molecular weight is 339 g/mol. The molecule has 0 radical (unpaired) electrons. The van der Waals surface area contributed by atoms with E-state index in [1.165, 1.54) is 17.8 Å². The molecule has 0 heterocycles. The maximum absolute atomic E-state index is 13.6. The van der Waals surface area contributed by atoms with Crippen LogP contribution < -0.4 is 5.32 Å². The summed E-state index contributed by atoms with van der Waals surface area (Å²) in [4.78, 5) is 12.7. The highest BCUT2D eigenvalue weighted by Crippen LogP contribution is 2.25. The minimum absolute atomic E-state index is 0.107. The number of hydrogen-bond donors (Lipinski definition) is 1. The molecule has 0 aliphatic carbocycles. The van der Waals surface area contributed by atoms with E-state index >= 15 is 0 Å². The first kappa shape index (κ1) is 16.5. The summed E-state index contributed by atoms with van der Waals surface area (Å²) in [6.07, 6.45) is 0. The van der Waals surface area contributed by atoms with Gasteiger partial charge in [-0.05, 0) is 35.4 Å². The summed E-state index contributed by atoms with van der Waals surface area (Å²) >= 11 is 1.21. The Hall–Kier alpha value is -2.33. The van der Waals surface area contributed by atoms with Gasteiger partial charge in [0.05, 0.1) is 11.8 Å². The Morgan fingerprint density at radius 3 is 2.58 bits per heavy atom. The molecule has 0 spiro atoms. The Kier molecular flexibility index (Phi) is 5.16. The van der Waals surface area contributed by atoms with Crippen molar-refractivity contribution in [1.82, 2.24) is 5.32 Å². The Labute approximate surface area is 145 Å². The van der Waals surface area contributed by atoms with Crippen LogP contribution in [0.3, 0.4) is 0 Å². The van der Waals surface area contributed by atoms with E-state index < -0.39 is 0 Å². The van der Waals surface area contributed by atoms with Gasteiger partial charge in [0.15, 0.2) is 0 Å². The summed E-state index contributed by atoms with van der Waals surface area (Å²) in [6.45, 7) is 1.97. The summed E-state index contributed by atoms with van der Waals surface area (Å²) in [7, 11) is 0. The molecule has 0 bridgehead atoms. The van der Waals surface area contributed by atoms with Crippen molar-refractivity contribution < 1.29 is 9.18 Å². The minimum atomic E-state index is -0.294. The number of benzene rings is 3. The van der Waals surface area contributed by atoms with Crippen LogP contribution in [0.5, 0.6) is 0 Å². The zero-order valence-corrected chi connectivity index (χ0v) is 14.1. The first-order valence-electron chi connectivity index (χ1n) is 7.79. The predicted octanol–water partition coefficient (Wildman–Crippen LogP) is 4.95. The van der Waals surface area contributed by atoms with Crippen molar-refractivity contribution in [2.75, 3.05) is 5.75 Å². The molecule has 122 valence electrons. The number of hydrogen-bond acceptors (Lipinski definition) is 2. The highest BCUT2D eigenvalue weighted by Gasteiger charge is 2.13. The molecule has 0 saturated carbocycles. The van der Waals surface area contributed by atoms with Gasteiger partial charge in [0.25, 0.3) is 0 Å². The fraction of sp³-hybridized carbons (Fsp3) is 0.150. The summed E-state index contributed by atoms with van der Waals surface area (Å²) in [5.41, 5.74) is 1.08. The lowest BCUT2D eigenvalue weighted by Gasteiger charge is -2.16. The second-order valence-electron chi connectivity index (χ2n) is 5.58. The number of halogens is 1. The van der Waals surface area contributed by atoms with Gasteiger partial charge in [-0.3, -0.25) is 4.79 Å². The van der Waals surface area contributed by atoms with E-state index in [0.29, 0.717) is 4.90 Å². The number of carbonyl (C=O) groups is 1. The van der Waals surface area contributed by atoms with Crippen LogP contribution in [0, 0.1) is 5.82 Å². The van der Waals surface area contributed by atoms with Gasteiger partial charge in [0, 0.05) is 4.90 Å². The normalized spacial score (nSPS) is 12.1. The SMILES string of the molecule is C[C@H](NC(=O)CSc1ccccc1F)c1cccc2ccccc12. The lowest BCUT2D eigenvalue weighted by Crippen LogP contribution is -2.28. The van der Waals surface area contributed by atoms with Crippen molar-refractivity contribution in [1.29, 1.82) is 0 Å². The first-order valence-corrected chi connectivity index (χ1v) is 8.78. The molecule has 0 aliphatic heterocycles. The van der Waals surface area contributed by atoms with Crippen molar-refractivity contribution >= 4 is 28.4 Å². The van der Waals surface area contributed by atoms with Crippen LogP contribution in [0.1, 0.15) is 18.5 Å². The average Bonchev–Trinajstić information content (AvgIpc) is 2.60. The van der Waals surface area contributed by atoms with Gasteiger partial charge >= 0.3 is 0 Å². The van der Waals surface area contributed by atoms with E-state index in [9.17, 15) is 9.18 Å². The van der Waals surface area contributed by atoms with Crippen molar-refractivity contribution in [2.45, 2.75) is 17.9 Å². The van der Waals surface area contributed by atoms with Crippen LogP contribution in [0.4, 0.5) is 4.39 Å². The maximum Gasteiger partial charge on any atom is 0.230 e. The molecule has 4 heteroatoms. The van der Waals surface area contributed by atoms with Gasteiger partial charge in [-0.2, -0.15) is 0 Å². The lowest BCUT2D eigenvalue weighted by molar-refractivity contribution is -0.119. The van der Waals surface area contributed by atoms with Crippen LogP contribution in [0.15, 0.2) is 71.6 Å². The molecule has 0 aliphatic rings. The van der Waals surface area contributed by atoms with Gasteiger partial charge < -0.3 is 5.32 Å². The van der Waals surface area contributed by atoms with Gasteiger partial charge in [-0.1, -0.05) is 54.6 Å². The van der Waals surface area contributed by atoms with E-state index in [1.807, 2.05) is 31.2 Å². The van der Waals surface area contributed by atoms with E-state index in [4.69, 9.17) is 0 Å². The summed E-state index contributed by atoms with van der Waals surface area (Å²) in [5, 5.41) is 5.28. The second-order valence-corrected chi connectivity index (χ2v) is 6.59. The zero-order chi connectivity index (χ0) is 16.9. The van der Waals surface area contributed by atoms with Crippen LogP contribution in [0.2, 0.25) is 0 Å². The van der Waals surface area contributed by atoms with E-state index in [1.54, 1.807) is 18.2 Å². The number of nitrogens with one attached hydrogen (secondary N) is 1. The number of amides is 1. The van der Waals surface area contributed by atoms with E-state index in [-0.39, 0.29) is 23.5 Å². The molecular weight excluding hydrogens is 321 g/mol. The highest BCUT2D eigenvalue weighted by molar-refractivity contribution is 8.00. The van der Waals surface area contributed by atoms with Gasteiger partial charge in [-0.15, -0.1) is 11.8 Å². The summed E-state index contributed by atoms with van der Waals surface area (Å²) < 4.78 is 13.6. The molecule has 0 fully saturated rings. The molecule has 0 aromatic heterocycles. The third kappa shape index (κ3) is 3.77. The maximum atomic E-state index is 13.6. The fourth-order valence-electron chi connectivity index (χ4n) is 2.69. The third-order valence-corrected chi connectivity index (χ3v) is 4.91. The van der Waals surface area contributed by atoms with Crippen LogP contribution >= 0.6 is 11.8 Å². The Morgan fingerprint density at radius 2 is 1.75 bits per heavy atom. The smallest absolute Gasteiger partial charge is 0.230 e. The van der Waals surface area contributed by atoms with E-state index in [0.717, 1.165) is 16.3 Å². The van der Waals surface area contributed by atoms with Crippen molar-refractivity contribution in [3.63, 3.8) is 0 Å². The molecular formula is C20H18FNOS. The molecule has 2 nitrogen and oxygen atoms in total. The van der Waals surface area contributed by atoms with Crippen LogP contribution in [0.25, 0.3) is 10.8 Å². The molecule has 1 amide bonds. The first-order chi connectivity index (χ1) is 11.6. The van der Waals surface area contributed by atoms with Crippen molar-refractivity contribution in [2.24, 2.45) is 0 Å². The highest BCUT2D eigenvalue weighted by atomic mass is 32.2. The molecule has 1 atom stereocenters. The molecule has 0 unspecified atom stereocenters. The number of thioether (sulfide) groups is 1. The molecule has 3 aromatic carbocycles. The van der Waals surface area contributed by atoms with E-state index in [2.05, 4.69) is 23.5 Å². The van der Waals surface area contributed by atoms with Crippen LogP contribution in [-0.4, -0.2) is 11.7 Å². The number of fused-ring (bicyclic) bond motifs is 1. The summed E-state index contributed by atoms with van der Waals surface area (Å²) in [6, 6.07) is 20.6. The third-order valence-electron chi connectivity index (χ3n) is 3.86. The van der Waals surface area contributed by atoms with Gasteiger partial charge in [0.2, 0.25) is 5.91 Å². The monoisotopic (exact) mass is 339 g/mol. The standard InChI is InChI=1S/C20H18FNOS/c1-14(16-10-6-8-15-7-2-3-9-17(15)16)22-20(23)13-24-19-12-5-4-11-18(19)21/h2-12,14H,13H2,1H3,(H,22,23)/t14-/m0/s1. The van der Waals surface area contributed by atoms with Gasteiger partial charge in [0.1, 0.15) is 5.82 Å². The molecule has 1 N–H and O–H groups in total. The molecule has 24 heavy (non-hydrogen) atoms. The topological polar surface area (TPSA) is 29.1 Å². The molecule has 0 saturated heterocycles. The fourth-order valence-corrected chi connectivity index (χ4v) is 3.44. The Balaban J connectivity index is 1.67. The van der Waals surface area contributed by atoms with Crippen molar-refractivity contribution in [3.8, 4) is 0 Å². The summed E-state index contributed by atoms with van der Waals surface area (Å²) in [5.74, 6) is -0.211. The van der Waals surface area contributed by atoms with Gasteiger partial charge in [-0.25, -0.2) is 4.39 Å². The second kappa shape index (κ2) is 7.49. The lowest BCUT2D eigenvalue weighted by atomic mass is 10.00. The molecule has 3 aromatic rings. The predicted molar refractivity (Wildman–Crippen MR) is 97.6 cm³/mol. The number of carbonyl (C=O) groups excluding carboxylic acids is 1. The quantitative estimate of drug-likeness (QED) is 0.667. The zero-order valence-electron chi connectivity index (χ0n) is 13.3.